The molecule has 4 aromatic rings. The van der Waals surface area contributed by atoms with Gasteiger partial charge in [0.15, 0.2) is 11.2 Å². The zero-order valence-corrected chi connectivity index (χ0v) is 18.9. The van der Waals surface area contributed by atoms with Gasteiger partial charge in [0, 0.05) is 20.6 Å². The van der Waals surface area contributed by atoms with Crippen molar-refractivity contribution in [2.75, 3.05) is 18.6 Å². The molecule has 4 rings (SSSR count). The van der Waals surface area contributed by atoms with Crippen LogP contribution < -0.4 is 20.9 Å². The minimum absolute atomic E-state index is 0.0363. The molecule has 0 bridgehead atoms. The van der Waals surface area contributed by atoms with Crippen LogP contribution in [0.4, 0.5) is 5.95 Å². The number of hydrogen-bond donors (Lipinski definition) is 2. The van der Waals surface area contributed by atoms with Crippen LogP contribution in [0.5, 0.6) is 5.75 Å². The van der Waals surface area contributed by atoms with Crippen molar-refractivity contribution >= 4 is 17.1 Å². The quantitative estimate of drug-likeness (QED) is 0.425. The molecule has 0 aliphatic carbocycles. The number of aromatic nitrogens is 4. The average molecular weight is 450 g/mol. The highest BCUT2D eigenvalue weighted by Crippen LogP contribution is 2.21. The molecule has 0 saturated heterocycles. The van der Waals surface area contributed by atoms with Crippen LogP contribution in [0.1, 0.15) is 11.1 Å². The van der Waals surface area contributed by atoms with Crippen LogP contribution in [0.25, 0.3) is 11.2 Å². The van der Waals surface area contributed by atoms with E-state index in [0.717, 1.165) is 11.1 Å². The van der Waals surface area contributed by atoms with Gasteiger partial charge >= 0.3 is 5.69 Å². The Morgan fingerprint density at radius 3 is 2.64 bits per heavy atom. The lowest BCUT2D eigenvalue weighted by atomic mass is 10.2. The van der Waals surface area contributed by atoms with E-state index in [1.165, 1.54) is 4.57 Å². The van der Waals surface area contributed by atoms with Crippen molar-refractivity contribution in [3.05, 3.63) is 86.6 Å². The van der Waals surface area contributed by atoms with E-state index in [0.29, 0.717) is 18.2 Å². The third kappa shape index (κ3) is 4.83. The fourth-order valence-corrected chi connectivity index (χ4v) is 3.78. The summed E-state index contributed by atoms with van der Waals surface area (Å²) < 4.78 is 8.67. The summed E-state index contributed by atoms with van der Waals surface area (Å²) in [6.07, 6.45) is -0.913. The zero-order valence-electron chi connectivity index (χ0n) is 18.9. The lowest BCUT2D eigenvalue weighted by Crippen LogP contribution is -2.31. The average Bonchev–Trinajstić information content (AvgIpc) is 3.17. The lowest BCUT2D eigenvalue weighted by molar-refractivity contribution is 0.0936. The number of aromatic amines is 1. The Labute approximate surface area is 190 Å². The molecule has 0 aliphatic heterocycles. The third-order valence-electron chi connectivity index (χ3n) is 5.42. The molecule has 9 nitrogen and oxygen atoms in total. The number of anilines is 1. The molecule has 33 heavy (non-hydrogen) atoms. The van der Waals surface area contributed by atoms with Crippen LogP contribution >= 0.6 is 0 Å². The van der Waals surface area contributed by atoms with Crippen LogP contribution in [-0.4, -0.2) is 44.0 Å². The van der Waals surface area contributed by atoms with Crippen LogP contribution in [0, 0.1) is 6.92 Å². The fraction of sp³-hybridized carbons (Fsp3) is 0.292. The molecule has 1 unspecified atom stereocenters. The molecular formula is C24H27N5O4. The van der Waals surface area contributed by atoms with Crippen molar-refractivity contribution in [3.63, 3.8) is 0 Å². The van der Waals surface area contributed by atoms with Gasteiger partial charge in [0.25, 0.3) is 5.56 Å². The van der Waals surface area contributed by atoms with Crippen LogP contribution in [-0.2, 0) is 20.1 Å². The van der Waals surface area contributed by atoms with Crippen LogP contribution in [0.15, 0.2) is 64.2 Å². The first-order valence-corrected chi connectivity index (χ1v) is 10.7. The predicted molar refractivity (Wildman–Crippen MR) is 127 cm³/mol. The molecule has 0 spiro atoms. The second-order valence-corrected chi connectivity index (χ2v) is 8.14. The van der Waals surface area contributed by atoms with E-state index in [1.54, 1.807) is 11.6 Å². The fourth-order valence-electron chi connectivity index (χ4n) is 3.78. The van der Waals surface area contributed by atoms with E-state index >= 15 is 0 Å². The van der Waals surface area contributed by atoms with Gasteiger partial charge in [0.1, 0.15) is 18.5 Å². The van der Waals surface area contributed by atoms with Gasteiger partial charge in [-0.1, -0.05) is 42.5 Å². The Bertz CT molecular complexity index is 1370. The van der Waals surface area contributed by atoms with Crippen molar-refractivity contribution in [3.8, 4) is 5.75 Å². The monoisotopic (exact) mass is 449 g/mol. The number of rotatable bonds is 8. The number of H-pyrrole nitrogens is 1. The summed E-state index contributed by atoms with van der Waals surface area (Å²) in [6, 6.07) is 17.4. The largest absolute Gasteiger partial charge is 0.491 e. The SMILES string of the molecule is Cc1cccc(OCC(O)Cn2c(N(C)Cc3ccccc3)nc3c2c(=O)[nH]c(=O)n3C)c1. The van der Waals surface area contributed by atoms with Crippen molar-refractivity contribution in [2.45, 2.75) is 26.1 Å². The summed E-state index contributed by atoms with van der Waals surface area (Å²) in [5.74, 6) is 1.13. The molecule has 0 saturated carbocycles. The van der Waals surface area contributed by atoms with Gasteiger partial charge in [-0.3, -0.25) is 14.3 Å². The minimum Gasteiger partial charge on any atom is -0.491 e. The molecule has 9 heteroatoms. The van der Waals surface area contributed by atoms with Gasteiger partial charge in [-0.25, -0.2) is 4.79 Å². The molecule has 2 aromatic heterocycles. The summed E-state index contributed by atoms with van der Waals surface area (Å²) >= 11 is 0. The van der Waals surface area contributed by atoms with E-state index < -0.39 is 17.4 Å². The number of fused-ring (bicyclic) bond motifs is 1. The first-order valence-electron chi connectivity index (χ1n) is 10.7. The van der Waals surface area contributed by atoms with Gasteiger partial charge in [-0.05, 0) is 30.2 Å². The Kier molecular flexibility index (Phi) is 6.32. The first-order chi connectivity index (χ1) is 15.8. The van der Waals surface area contributed by atoms with E-state index in [1.807, 2.05) is 73.5 Å². The molecule has 172 valence electrons. The van der Waals surface area contributed by atoms with Gasteiger partial charge in [0.2, 0.25) is 5.95 Å². The number of imidazole rings is 1. The molecule has 1 atom stereocenters. The summed E-state index contributed by atoms with van der Waals surface area (Å²) in [4.78, 5) is 33.6. The number of aryl methyl sites for hydroxylation is 2. The van der Waals surface area contributed by atoms with Crippen molar-refractivity contribution in [2.24, 2.45) is 7.05 Å². The molecule has 0 radical (unpaired) electrons. The topological polar surface area (TPSA) is 105 Å². The third-order valence-corrected chi connectivity index (χ3v) is 5.42. The maximum atomic E-state index is 12.7. The van der Waals surface area contributed by atoms with Gasteiger partial charge in [-0.2, -0.15) is 4.98 Å². The van der Waals surface area contributed by atoms with Gasteiger partial charge < -0.3 is 19.3 Å². The maximum Gasteiger partial charge on any atom is 0.329 e. The summed E-state index contributed by atoms with van der Waals surface area (Å²) in [5, 5.41) is 10.7. The van der Waals surface area contributed by atoms with Crippen molar-refractivity contribution in [1.82, 2.24) is 19.1 Å². The van der Waals surface area contributed by atoms with E-state index in [-0.39, 0.29) is 24.3 Å². The second-order valence-electron chi connectivity index (χ2n) is 8.14. The first kappa shape index (κ1) is 22.3. The summed E-state index contributed by atoms with van der Waals surface area (Å²) in [5.41, 5.74) is 1.50. The molecule has 0 aliphatic rings. The normalized spacial score (nSPS) is 12.1. The Balaban J connectivity index is 1.67. The molecule has 2 N–H and O–H groups in total. The van der Waals surface area contributed by atoms with Crippen molar-refractivity contribution < 1.29 is 9.84 Å². The number of nitrogens with zero attached hydrogens (tertiary/aromatic N) is 4. The highest BCUT2D eigenvalue weighted by atomic mass is 16.5. The van der Waals surface area contributed by atoms with Crippen LogP contribution in [0.3, 0.4) is 0 Å². The van der Waals surface area contributed by atoms with Gasteiger partial charge in [0.05, 0.1) is 6.54 Å². The molecule has 0 fully saturated rings. The van der Waals surface area contributed by atoms with Crippen molar-refractivity contribution in [1.29, 1.82) is 0 Å². The second kappa shape index (κ2) is 9.33. The van der Waals surface area contributed by atoms with E-state index in [9.17, 15) is 14.7 Å². The predicted octanol–water partition coefficient (Wildman–Crippen LogP) is 1.81. The Morgan fingerprint density at radius 2 is 1.91 bits per heavy atom. The number of benzene rings is 2. The number of aliphatic hydroxyl groups excluding tert-OH is 1. The zero-order chi connectivity index (χ0) is 23.5. The lowest BCUT2D eigenvalue weighted by Gasteiger charge is -2.21. The maximum absolute atomic E-state index is 12.7. The summed E-state index contributed by atoms with van der Waals surface area (Å²) in [7, 11) is 3.41. The van der Waals surface area contributed by atoms with E-state index in [2.05, 4.69) is 9.97 Å². The molecule has 2 heterocycles. The molecule has 2 aromatic carbocycles. The number of hydrogen-bond acceptors (Lipinski definition) is 6. The summed E-state index contributed by atoms with van der Waals surface area (Å²) in [6.45, 7) is 2.60. The highest BCUT2D eigenvalue weighted by molar-refractivity contribution is 5.74. The number of nitrogens with one attached hydrogen (secondary N) is 1. The van der Waals surface area contributed by atoms with E-state index in [4.69, 9.17) is 4.74 Å². The molecular weight excluding hydrogens is 422 g/mol. The van der Waals surface area contributed by atoms with Gasteiger partial charge in [-0.15, -0.1) is 0 Å². The smallest absolute Gasteiger partial charge is 0.329 e. The Hall–Kier alpha value is -3.85. The molecule has 0 amide bonds. The Morgan fingerprint density at radius 1 is 1.15 bits per heavy atom. The van der Waals surface area contributed by atoms with Crippen LogP contribution in [0.2, 0.25) is 0 Å². The number of aliphatic hydroxyl groups is 1. The standard InChI is InChI=1S/C24H27N5O4/c1-16-8-7-11-19(12-16)33-15-18(30)14-29-20-21(28(3)24(32)26-22(20)31)25-23(29)27(2)13-17-9-5-4-6-10-17/h4-12,18,30H,13-15H2,1-3H3,(H,26,31,32). The number of ether oxygens (including phenoxy) is 1. The highest BCUT2D eigenvalue weighted by Gasteiger charge is 2.22. The minimum atomic E-state index is -0.913.